The second kappa shape index (κ2) is 8.50. The van der Waals surface area contributed by atoms with Crippen LogP contribution in [-0.2, 0) is 4.79 Å². The summed E-state index contributed by atoms with van der Waals surface area (Å²) in [5.41, 5.74) is 0. The van der Waals surface area contributed by atoms with E-state index < -0.39 is 0 Å². The average molecular weight is 329 g/mol. The highest BCUT2D eigenvalue weighted by Crippen LogP contribution is 2.33. The smallest absolute Gasteiger partial charge is 0.225 e. The van der Waals surface area contributed by atoms with Gasteiger partial charge in [0.15, 0.2) is 0 Å². The van der Waals surface area contributed by atoms with Crippen LogP contribution in [0.15, 0.2) is 24.4 Å². The summed E-state index contributed by atoms with van der Waals surface area (Å²) in [4.78, 5) is 21.6. The molecule has 0 radical (unpaired) electrons. The van der Waals surface area contributed by atoms with Gasteiger partial charge in [-0.15, -0.1) is 0 Å². The molecule has 0 bridgehead atoms. The number of aromatic nitrogens is 1. The van der Waals surface area contributed by atoms with Gasteiger partial charge in [0.05, 0.1) is 0 Å². The van der Waals surface area contributed by atoms with E-state index in [0.29, 0.717) is 5.91 Å². The summed E-state index contributed by atoms with van der Waals surface area (Å²) in [6.07, 6.45) is 10.6. The van der Waals surface area contributed by atoms with Gasteiger partial charge in [0.2, 0.25) is 5.91 Å². The quantitative estimate of drug-likeness (QED) is 0.826. The van der Waals surface area contributed by atoms with Crippen molar-refractivity contribution in [2.75, 3.05) is 31.1 Å². The summed E-state index contributed by atoms with van der Waals surface area (Å²) >= 11 is 0. The molecule has 1 saturated carbocycles. The van der Waals surface area contributed by atoms with Crippen molar-refractivity contribution in [1.82, 2.24) is 9.88 Å². The van der Waals surface area contributed by atoms with Gasteiger partial charge in [-0.1, -0.05) is 32.3 Å². The molecule has 1 aromatic heterocycles. The highest BCUT2D eigenvalue weighted by atomic mass is 16.2. The number of nitrogens with zero attached hydrogens (tertiary/aromatic N) is 3. The predicted octanol–water partition coefficient (Wildman–Crippen LogP) is 3.73. The first-order valence-electron chi connectivity index (χ1n) is 9.72. The fraction of sp³-hybridized carbons (Fsp3) is 0.700. The first-order chi connectivity index (χ1) is 11.8. The van der Waals surface area contributed by atoms with Crippen molar-refractivity contribution in [2.24, 2.45) is 11.8 Å². The Kier molecular flexibility index (Phi) is 6.11. The number of hydrogen-bond acceptors (Lipinski definition) is 3. The lowest BCUT2D eigenvalue weighted by molar-refractivity contribution is -0.137. The Morgan fingerprint density at radius 1 is 1.12 bits per heavy atom. The second-order valence-electron chi connectivity index (χ2n) is 7.36. The first kappa shape index (κ1) is 17.2. The van der Waals surface area contributed by atoms with Crippen LogP contribution >= 0.6 is 0 Å². The van der Waals surface area contributed by atoms with Crippen LogP contribution in [-0.4, -0.2) is 42.0 Å². The molecule has 0 atom stereocenters. The minimum atomic E-state index is 0.282. The normalized spacial score (nSPS) is 24.9. The molecule has 4 nitrogen and oxygen atoms in total. The fourth-order valence-corrected chi connectivity index (χ4v) is 4.15. The lowest BCUT2D eigenvalue weighted by atomic mass is 9.79. The Morgan fingerprint density at radius 3 is 2.50 bits per heavy atom. The maximum absolute atomic E-state index is 12.8. The van der Waals surface area contributed by atoms with E-state index in [2.05, 4.69) is 27.8 Å². The van der Waals surface area contributed by atoms with Crippen LogP contribution in [0.3, 0.4) is 0 Å². The zero-order chi connectivity index (χ0) is 16.8. The number of carbonyl (C=O) groups is 1. The highest BCUT2D eigenvalue weighted by Gasteiger charge is 2.31. The van der Waals surface area contributed by atoms with Gasteiger partial charge < -0.3 is 9.80 Å². The van der Waals surface area contributed by atoms with Gasteiger partial charge >= 0.3 is 0 Å². The molecule has 1 aromatic rings. The van der Waals surface area contributed by atoms with E-state index in [4.69, 9.17) is 0 Å². The van der Waals surface area contributed by atoms with Crippen LogP contribution in [0.2, 0.25) is 0 Å². The van der Waals surface area contributed by atoms with E-state index in [-0.39, 0.29) is 5.92 Å². The van der Waals surface area contributed by atoms with Gasteiger partial charge in [-0.2, -0.15) is 0 Å². The van der Waals surface area contributed by atoms with Gasteiger partial charge in [-0.25, -0.2) is 4.98 Å². The fourth-order valence-electron chi connectivity index (χ4n) is 4.15. The molecule has 1 aliphatic carbocycles. The number of piperazine rings is 1. The average Bonchev–Trinajstić information content (AvgIpc) is 2.67. The Bertz CT molecular complexity index is 503. The molecule has 4 heteroatoms. The zero-order valence-electron chi connectivity index (χ0n) is 15.0. The molecule has 0 unspecified atom stereocenters. The van der Waals surface area contributed by atoms with Crippen molar-refractivity contribution in [3.8, 4) is 0 Å². The number of amides is 1. The number of anilines is 1. The molecule has 1 amide bonds. The minimum Gasteiger partial charge on any atom is -0.353 e. The van der Waals surface area contributed by atoms with Crippen molar-refractivity contribution in [3.63, 3.8) is 0 Å². The largest absolute Gasteiger partial charge is 0.353 e. The van der Waals surface area contributed by atoms with Crippen LogP contribution in [0, 0.1) is 11.8 Å². The van der Waals surface area contributed by atoms with E-state index in [1.165, 1.54) is 32.1 Å². The van der Waals surface area contributed by atoms with Gasteiger partial charge in [0.1, 0.15) is 5.82 Å². The maximum Gasteiger partial charge on any atom is 0.225 e. The summed E-state index contributed by atoms with van der Waals surface area (Å²) in [7, 11) is 0. The zero-order valence-corrected chi connectivity index (χ0v) is 15.0. The summed E-state index contributed by atoms with van der Waals surface area (Å²) in [6.45, 7) is 5.74. The number of carbonyl (C=O) groups excluding carboxylic acids is 1. The van der Waals surface area contributed by atoms with Gasteiger partial charge in [-0.3, -0.25) is 4.79 Å². The summed E-state index contributed by atoms with van der Waals surface area (Å²) in [6, 6.07) is 6.02. The molecule has 2 aliphatic rings. The molecule has 1 saturated heterocycles. The second-order valence-corrected chi connectivity index (χ2v) is 7.36. The lowest BCUT2D eigenvalue weighted by Gasteiger charge is -2.38. The van der Waals surface area contributed by atoms with Gasteiger partial charge in [-0.05, 0) is 43.7 Å². The monoisotopic (exact) mass is 329 g/mol. The maximum atomic E-state index is 12.8. The summed E-state index contributed by atoms with van der Waals surface area (Å²) < 4.78 is 0. The van der Waals surface area contributed by atoms with E-state index in [9.17, 15) is 4.79 Å². The van der Waals surface area contributed by atoms with Crippen LogP contribution in [0.1, 0.15) is 51.9 Å². The van der Waals surface area contributed by atoms with Crippen molar-refractivity contribution in [1.29, 1.82) is 0 Å². The molecular formula is C20H31N3O. The third kappa shape index (κ3) is 4.28. The lowest BCUT2D eigenvalue weighted by Crippen LogP contribution is -2.51. The van der Waals surface area contributed by atoms with Gasteiger partial charge in [0, 0.05) is 38.3 Å². The van der Waals surface area contributed by atoms with Crippen LogP contribution in [0.25, 0.3) is 0 Å². The first-order valence-corrected chi connectivity index (χ1v) is 9.72. The Labute approximate surface area is 146 Å². The van der Waals surface area contributed by atoms with Gasteiger partial charge in [0.25, 0.3) is 0 Å². The molecule has 0 spiro atoms. The number of pyridine rings is 1. The molecule has 2 fully saturated rings. The molecule has 24 heavy (non-hydrogen) atoms. The highest BCUT2D eigenvalue weighted by molar-refractivity contribution is 5.79. The summed E-state index contributed by atoms with van der Waals surface area (Å²) in [5, 5.41) is 0. The molecule has 132 valence electrons. The van der Waals surface area contributed by atoms with E-state index in [0.717, 1.165) is 50.8 Å². The molecule has 3 rings (SSSR count). The molecule has 2 heterocycles. The van der Waals surface area contributed by atoms with E-state index in [1.807, 2.05) is 18.3 Å². The molecular weight excluding hydrogens is 298 g/mol. The Balaban J connectivity index is 1.44. The number of hydrogen-bond donors (Lipinski definition) is 0. The van der Waals surface area contributed by atoms with E-state index >= 15 is 0 Å². The third-order valence-corrected chi connectivity index (χ3v) is 5.73. The van der Waals surface area contributed by atoms with Crippen LogP contribution in [0.5, 0.6) is 0 Å². The molecule has 0 N–H and O–H groups in total. The molecule has 0 aromatic carbocycles. The van der Waals surface area contributed by atoms with E-state index in [1.54, 1.807) is 0 Å². The topological polar surface area (TPSA) is 36.4 Å². The van der Waals surface area contributed by atoms with Crippen molar-refractivity contribution >= 4 is 11.7 Å². The third-order valence-electron chi connectivity index (χ3n) is 5.73. The Hall–Kier alpha value is -1.58. The minimum absolute atomic E-state index is 0.282. The number of unbranched alkanes of at least 4 members (excludes halogenated alkanes) is 1. The van der Waals surface area contributed by atoms with Crippen LogP contribution < -0.4 is 4.90 Å². The van der Waals surface area contributed by atoms with Crippen molar-refractivity contribution in [2.45, 2.75) is 51.9 Å². The summed E-state index contributed by atoms with van der Waals surface area (Å²) in [5.74, 6) is 2.59. The Morgan fingerprint density at radius 2 is 1.88 bits per heavy atom. The standard InChI is InChI=1S/C20H31N3O/c1-2-3-6-17-8-10-18(11-9-17)20(24)23-15-13-22(14-16-23)19-7-4-5-12-21-19/h4-5,7,12,17-18H,2-3,6,8-11,13-16H2,1H3. The predicted molar refractivity (Wildman–Crippen MR) is 98.0 cm³/mol. The van der Waals surface area contributed by atoms with Crippen molar-refractivity contribution in [3.05, 3.63) is 24.4 Å². The van der Waals surface area contributed by atoms with Crippen molar-refractivity contribution < 1.29 is 4.79 Å². The molecule has 1 aliphatic heterocycles. The SMILES string of the molecule is CCCCC1CCC(C(=O)N2CCN(c3ccccn3)CC2)CC1. The van der Waals surface area contributed by atoms with Crippen LogP contribution in [0.4, 0.5) is 5.82 Å². The number of rotatable bonds is 5.